The minimum atomic E-state index is -0.704. The van der Waals surface area contributed by atoms with Crippen molar-refractivity contribution in [2.75, 3.05) is 31.0 Å². The van der Waals surface area contributed by atoms with Crippen LogP contribution in [0.4, 0.5) is 11.4 Å². The molecule has 5 rings (SSSR count). The van der Waals surface area contributed by atoms with Crippen molar-refractivity contribution in [3.63, 3.8) is 0 Å². The number of methoxy groups -OCH3 is 2. The number of hydrogen-bond acceptors (Lipinski definition) is 9. The third kappa shape index (κ3) is 8.17. The van der Waals surface area contributed by atoms with Crippen LogP contribution in [0.1, 0.15) is 39.6 Å². The highest BCUT2D eigenvalue weighted by Crippen LogP contribution is 2.35. The minimum absolute atomic E-state index is 0.0273. The molecule has 1 saturated heterocycles. The van der Waals surface area contributed by atoms with Crippen molar-refractivity contribution in [3.8, 4) is 11.5 Å². The predicted octanol–water partition coefficient (Wildman–Crippen LogP) is 5.71. The summed E-state index contributed by atoms with van der Waals surface area (Å²) in [5.74, 6) is -1.53. The fourth-order valence-corrected chi connectivity index (χ4v) is 6.17. The summed E-state index contributed by atoms with van der Waals surface area (Å²) >= 11 is 1.19. The van der Waals surface area contributed by atoms with E-state index in [2.05, 4.69) is 10.6 Å². The number of nitrogens with zero attached hydrogens (tertiary/aromatic N) is 1. The maximum absolute atomic E-state index is 13.7. The summed E-state index contributed by atoms with van der Waals surface area (Å²) in [7, 11) is 2.97. The molecule has 0 spiro atoms. The fourth-order valence-electron chi connectivity index (χ4n) is 5.06. The lowest BCUT2D eigenvalue weighted by molar-refractivity contribution is -0.121. The van der Waals surface area contributed by atoms with Gasteiger partial charge in [0.2, 0.25) is 11.8 Å². The van der Waals surface area contributed by atoms with Gasteiger partial charge in [0.25, 0.3) is 11.8 Å². The second-order valence-corrected chi connectivity index (χ2v) is 11.9. The van der Waals surface area contributed by atoms with Gasteiger partial charge in [-0.2, -0.15) is 0 Å². The number of nitrogens with one attached hydrogen (secondary N) is 2. The van der Waals surface area contributed by atoms with Gasteiger partial charge in [-0.3, -0.25) is 19.2 Å². The molecule has 1 heterocycles. The van der Waals surface area contributed by atoms with E-state index in [0.29, 0.717) is 44.5 Å². The third-order valence-electron chi connectivity index (χ3n) is 7.37. The summed E-state index contributed by atoms with van der Waals surface area (Å²) in [4.78, 5) is 66.8. The lowest BCUT2D eigenvalue weighted by atomic mass is 10.1. The van der Waals surface area contributed by atoms with Gasteiger partial charge in [-0.05, 0) is 73.7 Å². The molecular weight excluding hydrogens is 646 g/mol. The molecule has 250 valence electrons. The molecule has 1 aliphatic rings. The highest BCUT2D eigenvalue weighted by Gasteiger charge is 2.40. The second kappa shape index (κ2) is 15.8. The van der Waals surface area contributed by atoms with Crippen molar-refractivity contribution in [1.29, 1.82) is 0 Å². The lowest BCUT2D eigenvalue weighted by Gasteiger charge is -2.16. The number of carbonyl (C=O) groups is 5. The average molecular weight is 680 g/mol. The zero-order valence-electron chi connectivity index (χ0n) is 26.9. The first-order valence-electron chi connectivity index (χ1n) is 15.2. The number of carbonyl (C=O) groups excluding carboxylic acids is 5. The van der Waals surface area contributed by atoms with Crippen molar-refractivity contribution in [1.82, 2.24) is 5.32 Å². The first-order valence-corrected chi connectivity index (χ1v) is 16.1. The molecule has 0 radical (unpaired) electrons. The Labute approximate surface area is 287 Å². The van der Waals surface area contributed by atoms with E-state index in [0.717, 1.165) is 4.90 Å². The van der Waals surface area contributed by atoms with Crippen LogP contribution in [0.25, 0.3) is 6.08 Å². The maximum atomic E-state index is 13.7. The predicted molar refractivity (Wildman–Crippen MR) is 186 cm³/mol. The number of imide groups is 1. The smallest absolute Gasteiger partial charge is 0.338 e. The molecule has 1 aliphatic heterocycles. The summed E-state index contributed by atoms with van der Waals surface area (Å²) in [5, 5.41) is 4.82. The first-order chi connectivity index (χ1) is 23.7. The van der Waals surface area contributed by atoms with E-state index in [1.807, 2.05) is 0 Å². The Morgan fingerprint density at radius 3 is 2.31 bits per heavy atom. The van der Waals surface area contributed by atoms with Crippen molar-refractivity contribution in [3.05, 3.63) is 119 Å². The molecule has 4 aromatic rings. The lowest BCUT2D eigenvalue weighted by Crippen LogP contribution is -2.31. The maximum Gasteiger partial charge on any atom is 0.338 e. The number of hydrogen-bond donors (Lipinski definition) is 2. The fraction of sp³-hybridized carbons (Fsp3) is 0.162. The Bertz CT molecular complexity index is 1910. The van der Waals surface area contributed by atoms with Crippen LogP contribution in [0.2, 0.25) is 0 Å². The molecule has 49 heavy (non-hydrogen) atoms. The standard InChI is InChI=1S/C37H33N3O8S/c1-4-48-37(45)24-16-18-27(19-17-24)40-32(41)22-31(36(40)44)49-28-14-9-13-26(21-28)38-35(43)29(39-34(42)23-10-6-5-7-11-23)20-25-12-8-15-30(46-2)33(25)47-3/h5-21,31H,4,22H2,1-3H3,(H,38,43)(H,39,42)/b29-20+/t31-/m0/s1. The Hall–Kier alpha value is -5.88. The topological polar surface area (TPSA) is 140 Å². The van der Waals surface area contributed by atoms with E-state index in [4.69, 9.17) is 14.2 Å². The molecule has 12 heteroatoms. The van der Waals surface area contributed by atoms with E-state index in [9.17, 15) is 24.0 Å². The van der Waals surface area contributed by atoms with Crippen LogP contribution in [0.3, 0.4) is 0 Å². The van der Waals surface area contributed by atoms with Crippen molar-refractivity contribution < 1.29 is 38.2 Å². The van der Waals surface area contributed by atoms with Crippen molar-refractivity contribution in [2.45, 2.75) is 23.5 Å². The molecule has 0 aromatic heterocycles. The van der Waals surface area contributed by atoms with Gasteiger partial charge in [-0.15, -0.1) is 11.8 Å². The van der Waals surface area contributed by atoms with Gasteiger partial charge in [0.05, 0.1) is 37.3 Å². The van der Waals surface area contributed by atoms with Gasteiger partial charge in [-0.1, -0.05) is 36.4 Å². The quantitative estimate of drug-likeness (QED) is 0.109. The average Bonchev–Trinajstić information content (AvgIpc) is 3.39. The number of thioether (sulfide) groups is 1. The van der Waals surface area contributed by atoms with Gasteiger partial charge in [0.15, 0.2) is 11.5 Å². The SMILES string of the molecule is CCOC(=O)c1ccc(N2C(=O)C[C@H](Sc3cccc(NC(=O)/C(=C\c4cccc(OC)c4OC)NC(=O)c4ccccc4)c3)C2=O)cc1. The second-order valence-electron chi connectivity index (χ2n) is 10.6. The van der Waals surface area contributed by atoms with Crippen LogP contribution in [0.5, 0.6) is 11.5 Å². The van der Waals surface area contributed by atoms with Gasteiger partial charge >= 0.3 is 5.97 Å². The van der Waals surface area contributed by atoms with E-state index in [1.165, 1.54) is 56.3 Å². The summed E-state index contributed by atoms with van der Waals surface area (Å²) in [6.07, 6.45) is 1.47. The van der Waals surface area contributed by atoms with E-state index < -0.39 is 28.9 Å². The minimum Gasteiger partial charge on any atom is -0.493 e. The summed E-state index contributed by atoms with van der Waals surface area (Å²) in [6.45, 7) is 1.94. The Kier molecular flexibility index (Phi) is 11.1. The largest absolute Gasteiger partial charge is 0.493 e. The number of benzene rings is 4. The summed E-state index contributed by atoms with van der Waals surface area (Å²) in [5.41, 5.74) is 1.87. The molecule has 11 nitrogen and oxygen atoms in total. The first kappa shape index (κ1) is 34.5. The zero-order valence-corrected chi connectivity index (χ0v) is 27.7. The molecule has 1 atom stereocenters. The Morgan fingerprint density at radius 2 is 1.61 bits per heavy atom. The molecule has 0 unspecified atom stereocenters. The van der Waals surface area contributed by atoms with E-state index in [-0.39, 0.29) is 24.6 Å². The van der Waals surface area contributed by atoms with Crippen LogP contribution >= 0.6 is 11.8 Å². The van der Waals surface area contributed by atoms with Crippen LogP contribution in [-0.4, -0.2) is 55.7 Å². The summed E-state index contributed by atoms with van der Waals surface area (Å²) < 4.78 is 15.9. The molecular formula is C37H33N3O8S. The number of anilines is 2. The summed E-state index contributed by atoms with van der Waals surface area (Å²) in [6, 6.07) is 26.6. The zero-order chi connectivity index (χ0) is 34.9. The molecule has 4 amide bonds. The highest BCUT2D eigenvalue weighted by atomic mass is 32.2. The van der Waals surface area contributed by atoms with Crippen LogP contribution in [0, 0.1) is 0 Å². The number of para-hydroxylation sites is 1. The highest BCUT2D eigenvalue weighted by molar-refractivity contribution is 8.00. The molecule has 2 N–H and O–H groups in total. The normalized spacial score (nSPS) is 14.3. The van der Waals surface area contributed by atoms with E-state index in [1.54, 1.807) is 79.7 Å². The van der Waals surface area contributed by atoms with Crippen LogP contribution in [0.15, 0.2) is 108 Å². The third-order valence-corrected chi connectivity index (χ3v) is 8.55. The Morgan fingerprint density at radius 1 is 0.878 bits per heavy atom. The molecule has 0 saturated carbocycles. The van der Waals surface area contributed by atoms with Crippen LogP contribution < -0.4 is 25.0 Å². The number of esters is 1. The van der Waals surface area contributed by atoms with Crippen molar-refractivity contribution >= 4 is 58.8 Å². The molecule has 1 fully saturated rings. The number of ether oxygens (including phenoxy) is 3. The van der Waals surface area contributed by atoms with Gasteiger partial charge in [0, 0.05) is 28.1 Å². The van der Waals surface area contributed by atoms with Gasteiger partial charge in [0.1, 0.15) is 5.70 Å². The van der Waals surface area contributed by atoms with E-state index >= 15 is 0 Å². The number of amides is 4. The van der Waals surface area contributed by atoms with Crippen LogP contribution in [-0.2, 0) is 19.1 Å². The van der Waals surface area contributed by atoms with Gasteiger partial charge < -0.3 is 24.8 Å². The molecule has 0 bridgehead atoms. The molecule has 4 aromatic carbocycles. The molecule has 0 aliphatic carbocycles. The van der Waals surface area contributed by atoms with Crippen molar-refractivity contribution in [2.24, 2.45) is 0 Å². The Balaban J connectivity index is 1.34. The monoisotopic (exact) mass is 679 g/mol. The van der Waals surface area contributed by atoms with Gasteiger partial charge in [-0.25, -0.2) is 9.69 Å². The number of rotatable bonds is 12.